The number of thiophene rings is 1. The van der Waals surface area contributed by atoms with Crippen LogP contribution in [-0.2, 0) is 14.3 Å². The second-order valence-corrected chi connectivity index (χ2v) is 6.76. The summed E-state index contributed by atoms with van der Waals surface area (Å²) in [5.41, 5.74) is 0. The number of ether oxygens (including phenoxy) is 1. The largest absolute Gasteiger partial charge is 0.469 e. The van der Waals surface area contributed by atoms with Crippen LogP contribution in [0.3, 0.4) is 0 Å². The molecule has 1 amide bonds. The molecule has 1 saturated heterocycles. The van der Waals surface area contributed by atoms with Gasteiger partial charge >= 0.3 is 5.97 Å². The van der Waals surface area contributed by atoms with Crippen molar-refractivity contribution in [1.82, 2.24) is 4.90 Å². The SMILES string of the molecule is COC(=O)C1CCN(C(=O)C=Cc2ccc(Br)s2)C1. The first-order valence-corrected chi connectivity index (χ1v) is 7.51. The van der Waals surface area contributed by atoms with Crippen molar-refractivity contribution in [3.8, 4) is 0 Å². The monoisotopic (exact) mass is 343 g/mol. The van der Waals surface area contributed by atoms with E-state index in [4.69, 9.17) is 4.74 Å². The maximum absolute atomic E-state index is 12.0. The van der Waals surface area contributed by atoms with Crippen molar-refractivity contribution >= 4 is 45.2 Å². The summed E-state index contributed by atoms with van der Waals surface area (Å²) in [6, 6.07) is 3.89. The van der Waals surface area contributed by atoms with Crippen LogP contribution < -0.4 is 0 Å². The Bertz CT molecular complexity index is 512. The van der Waals surface area contributed by atoms with E-state index in [9.17, 15) is 9.59 Å². The first kappa shape index (κ1) is 14.3. The van der Waals surface area contributed by atoms with Gasteiger partial charge in [-0.15, -0.1) is 11.3 Å². The minimum absolute atomic E-state index is 0.0593. The standard InChI is InChI=1S/C13H14BrNO3S/c1-18-13(17)9-6-7-15(8-9)12(16)5-3-10-2-4-11(14)19-10/h2-5,9H,6-8H2,1H3. The molecule has 0 N–H and O–H groups in total. The minimum atomic E-state index is -0.235. The molecule has 2 rings (SSSR count). The smallest absolute Gasteiger partial charge is 0.310 e. The number of hydrogen-bond acceptors (Lipinski definition) is 4. The topological polar surface area (TPSA) is 46.6 Å². The van der Waals surface area contributed by atoms with Crippen molar-refractivity contribution in [2.75, 3.05) is 20.2 Å². The van der Waals surface area contributed by atoms with Crippen LogP contribution in [0.1, 0.15) is 11.3 Å². The van der Waals surface area contributed by atoms with Gasteiger partial charge in [0.15, 0.2) is 0 Å². The molecule has 1 unspecified atom stereocenters. The number of amides is 1. The van der Waals surface area contributed by atoms with Gasteiger partial charge in [-0.25, -0.2) is 0 Å². The Labute approximate surface area is 124 Å². The average molecular weight is 344 g/mol. The van der Waals surface area contributed by atoms with Crippen LogP contribution in [0.25, 0.3) is 6.08 Å². The molecular weight excluding hydrogens is 330 g/mol. The number of rotatable bonds is 3. The maximum atomic E-state index is 12.0. The third-order valence-corrected chi connectivity index (χ3v) is 4.61. The van der Waals surface area contributed by atoms with E-state index < -0.39 is 0 Å². The van der Waals surface area contributed by atoms with Crippen molar-refractivity contribution in [2.45, 2.75) is 6.42 Å². The molecule has 1 aliphatic rings. The van der Waals surface area contributed by atoms with Crippen LogP contribution >= 0.6 is 27.3 Å². The Morgan fingerprint density at radius 2 is 2.32 bits per heavy atom. The lowest BCUT2D eigenvalue weighted by molar-refractivity contribution is -0.145. The highest BCUT2D eigenvalue weighted by atomic mass is 79.9. The van der Waals surface area contributed by atoms with Gasteiger partial charge in [0.1, 0.15) is 0 Å². The number of nitrogens with zero attached hydrogens (tertiary/aromatic N) is 1. The Morgan fingerprint density at radius 1 is 1.53 bits per heavy atom. The Kier molecular flexibility index (Phi) is 4.76. The highest BCUT2D eigenvalue weighted by Gasteiger charge is 2.30. The lowest BCUT2D eigenvalue weighted by Crippen LogP contribution is -2.28. The average Bonchev–Trinajstić information content (AvgIpc) is 3.04. The molecule has 1 aromatic heterocycles. The summed E-state index contributed by atoms with van der Waals surface area (Å²) < 4.78 is 5.73. The van der Waals surface area contributed by atoms with Crippen molar-refractivity contribution in [2.24, 2.45) is 5.92 Å². The van der Waals surface area contributed by atoms with Crippen LogP contribution in [0.5, 0.6) is 0 Å². The van der Waals surface area contributed by atoms with E-state index in [1.165, 1.54) is 7.11 Å². The molecule has 2 heterocycles. The number of hydrogen-bond donors (Lipinski definition) is 0. The zero-order valence-corrected chi connectivity index (χ0v) is 12.9. The number of esters is 1. The predicted molar refractivity (Wildman–Crippen MR) is 77.8 cm³/mol. The first-order valence-electron chi connectivity index (χ1n) is 5.90. The highest BCUT2D eigenvalue weighted by Crippen LogP contribution is 2.23. The van der Waals surface area contributed by atoms with E-state index in [-0.39, 0.29) is 17.8 Å². The van der Waals surface area contributed by atoms with Crippen LogP contribution in [0.2, 0.25) is 0 Å². The number of carbonyl (C=O) groups is 2. The number of likely N-dealkylation sites (tertiary alicyclic amines) is 1. The van der Waals surface area contributed by atoms with Crippen molar-refractivity contribution in [3.05, 3.63) is 26.9 Å². The van der Waals surface area contributed by atoms with Gasteiger partial charge in [0, 0.05) is 24.0 Å². The van der Waals surface area contributed by atoms with E-state index in [2.05, 4.69) is 15.9 Å². The molecule has 0 aromatic carbocycles. The van der Waals surface area contributed by atoms with E-state index in [0.717, 1.165) is 8.66 Å². The molecule has 4 nitrogen and oxygen atoms in total. The zero-order valence-electron chi connectivity index (χ0n) is 10.5. The van der Waals surface area contributed by atoms with Gasteiger partial charge in [-0.2, -0.15) is 0 Å². The van der Waals surface area contributed by atoms with Gasteiger partial charge in [0.05, 0.1) is 16.8 Å². The summed E-state index contributed by atoms with van der Waals surface area (Å²) in [6.07, 6.45) is 4.03. The molecule has 1 atom stereocenters. The maximum Gasteiger partial charge on any atom is 0.310 e. The molecule has 0 spiro atoms. The van der Waals surface area contributed by atoms with Crippen molar-refractivity contribution in [1.29, 1.82) is 0 Å². The summed E-state index contributed by atoms with van der Waals surface area (Å²) in [5, 5.41) is 0. The second kappa shape index (κ2) is 6.34. The predicted octanol–water partition coefficient (Wildman–Crippen LogP) is 2.55. The van der Waals surface area contributed by atoms with Crippen molar-refractivity contribution in [3.63, 3.8) is 0 Å². The molecule has 0 radical (unpaired) electrons. The fraction of sp³-hybridized carbons (Fsp3) is 0.385. The van der Waals surface area contributed by atoms with Gasteiger partial charge in [-0.05, 0) is 40.6 Å². The van der Waals surface area contributed by atoms with Gasteiger partial charge in [0.25, 0.3) is 0 Å². The molecule has 1 fully saturated rings. The van der Waals surface area contributed by atoms with Crippen LogP contribution in [-0.4, -0.2) is 37.0 Å². The van der Waals surface area contributed by atoms with E-state index in [1.807, 2.05) is 12.1 Å². The Balaban J connectivity index is 1.91. The molecule has 6 heteroatoms. The Morgan fingerprint density at radius 3 is 2.95 bits per heavy atom. The van der Waals surface area contributed by atoms with Crippen LogP contribution in [0.15, 0.2) is 22.0 Å². The molecule has 19 heavy (non-hydrogen) atoms. The Hall–Kier alpha value is -1.14. The van der Waals surface area contributed by atoms with Gasteiger partial charge in [-0.3, -0.25) is 9.59 Å². The molecule has 1 aromatic rings. The van der Waals surface area contributed by atoms with E-state index >= 15 is 0 Å². The number of carbonyl (C=O) groups excluding carboxylic acids is 2. The zero-order chi connectivity index (χ0) is 13.8. The van der Waals surface area contributed by atoms with Crippen LogP contribution in [0, 0.1) is 5.92 Å². The summed E-state index contributed by atoms with van der Waals surface area (Å²) in [7, 11) is 1.38. The van der Waals surface area contributed by atoms with Crippen LogP contribution in [0.4, 0.5) is 0 Å². The quantitative estimate of drug-likeness (QED) is 0.625. The lowest BCUT2D eigenvalue weighted by Gasteiger charge is -2.13. The van der Waals surface area contributed by atoms with Gasteiger partial charge < -0.3 is 9.64 Å². The third-order valence-electron chi connectivity index (χ3n) is 3.02. The normalized spacial score (nSPS) is 19.1. The lowest BCUT2D eigenvalue weighted by atomic mass is 10.1. The molecule has 102 valence electrons. The van der Waals surface area contributed by atoms with E-state index in [1.54, 1.807) is 28.4 Å². The third kappa shape index (κ3) is 3.67. The summed E-state index contributed by atoms with van der Waals surface area (Å²) in [6.45, 7) is 1.06. The fourth-order valence-electron chi connectivity index (χ4n) is 2.00. The second-order valence-electron chi connectivity index (χ2n) is 4.27. The van der Waals surface area contributed by atoms with Gasteiger partial charge in [0.2, 0.25) is 5.91 Å². The summed E-state index contributed by atoms with van der Waals surface area (Å²) in [4.78, 5) is 26.0. The number of methoxy groups -OCH3 is 1. The van der Waals surface area contributed by atoms with E-state index in [0.29, 0.717) is 19.5 Å². The molecule has 0 bridgehead atoms. The first-order chi connectivity index (χ1) is 9.10. The summed E-state index contributed by atoms with van der Waals surface area (Å²) >= 11 is 4.94. The summed E-state index contributed by atoms with van der Waals surface area (Å²) in [5.74, 6) is -0.476. The fourth-order valence-corrected chi connectivity index (χ4v) is 3.32. The molecule has 0 aliphatic carbocycles. The van der Waals surface area contributed by atoms with Crippen molar-refractivity contribution < 1.29 is 14.3 Å². The minimum Gasteiger partial charge on any atom is -0.469 e. The molecular formula is C13H14BrNO3S. The number of halogens is 1. The highest BCUT2D eigenvalue weighted by molar-refractivity contribution is 9.11. The molecule has 1 aliphatic heterocycles. The van der Waals surface area contributed by atoms with Gasteiger partial charge in [-0.1, -0.05) is 0 Å². The molecule has 0 saturated carbocycles.